The number of hydrogen-bond acceptors (Lipinski definition) is 10. The molecule has 12 heteroatoms. The largest absolute Gasteiger partial charge is 0.455 e. The maximum atomic E-state index is 6.81. The molecule has 16 aromatic carbocycles. The maximum Gasteiger partial charge on any atom is 0.167 e. The van der Waals surface area contributed by atoms with Gasteiger partial charge in [0.2, 0.25) is 0 Å². The molecule has 0 atom stereocenters. The number of rotatable bonds is 9. The van der Waals surface area contributed by atoms with Crippen LogP contribution in [0.1, 0.15) is 49.9 Å². The van der Waals surface area contributed by atoms with Gasteiger partial charge in [0.05, 0.1) is 44.6 Å². The van der Waals surface area contributed by atoms with Gasteiger partial charge in [0, 0.05) is 103 Å². The highest BCUT2D eigenvalue weighted by molar-refractivity contribution is 8.00. The molecule has 25 rings (SSSR count). The van der Waals surface area contributed by atoms with Crippen molar-refractivity contribution in [3.63, 3.8) is 0 Å². The van der Waals surface area contributed by atoms with E-state index in [4.69, 9.17) is 38.7 Å². The molecule has 11 nitrogen and oxygen atoms in total. The normalized spacial score (nSPS) is 13.4. The molecule has 2 aliphatic carbocycles. The fourth-order valence-corrected chi connectivity index (χ4v) is 20.4. The second-order valence-corrected chi connectivity index (χ2v) is 33.5. The Balaban J connectivity index is 0.000000137. The summed E-state index contributed by atoms with van der Waals surface area (Å²) in [6.07, 6.45) is 0. The summed E-state index contributed by atoms with van der Waals surface area (Å²) in [5.74, 6) is 3.59. The summed E-state index contributed by atoms with van der Waals surface area (Å²) in [6.45, 7) is 9.46. The third-order valence-electron chi connectivity index (χ3n) is 24.9. The van der Waals surface area contributed by atoms with Crippen LogP contribution in [0.5, 0.6) is 0 Å². The third-order valence-corrected chi connectivity index (χ3v) is 26.1. The number of para-hydroxylation sites is 5. The summed E-state index contributed by atoms with van der Waals surface area (Å²) in [5.41, 5.74) is 29.3. The molecule has 6 aromatic heterocycles. The predicted octanol–water partition coefficient (Wildman–Crippen LogP) is 28.3. The van der Waals surface area contributed by atoms with Gasteiger partial charge in [-0.2, -0.15) is 0 Å². The number of fused-ring (bicyclic) bond motifs is 21. The number of hydrogen-bond donors (Lipinski definition) is 0. The van der Waals surface area contributed by atoms with Crippen molar-refractivity contribution in [1.29, 1.82) is 0 Å². The highest BCUT2D eigenvalue weighted by Gasteiger charge is 2.40. The fourth-order valence-electron chi connectivity index (χ4n) is 19.1. The molecule has 0 bridgehead atoms. The number of nitrogens with zero attached hydrogens (tertiary/aromatic N) is 9. The summed E-state index contributed by atoms with van der Waals surface area (Å²) < 4.78 is 18.4. The Hall–Kier alpha value is -15.1. The summed E-state index contributed by atoms with van der Waals surface area (Å²) in [6, 6.07) is 126. The van der Waals surface area contributed by atoms with Gasteiger partial charge in [-0.1, -0.05) is 282 Å². The Morgan fingerprint density at radius 1 is 0.258 bits per heavy atom. The molecule has 22 aromatic rings. The van der Waals surface area contributed by atoms with Gasteiger partial charge >= 0.3 is 0 Å². The van der Waals surface area contributed by atoms with E-state index in [0.29, 0.717) is 34.9 Å². The summed E-state index contributed by atoms with van der Waals surface area (Å²) in [7, 11) is 0. The van der Waals surface area contributed by atoms with Crippen molar-refractivity contribution in [2.45, 2.75) is 48.3 Å². The van der Waals surface area contributed by atoms with Crippen molar-refractivity contribution in [3.05, 3.63) is 380 Å². The van der Waals surface area contributed by atoms with Crippen molar-refractivity contribution >= 4 is 116 Å². The molecule has 0 N–H and O–H groups in total. The standard InChI is InChI=1S/C57H40N4O.C51H31N5OS/c1-56(2)45-24-13-11-20-36(45)40-29-42-43-30-41-37-21-12-14-25-46(37)57(3,4)48(41)32-50(43)61(49(42)31-47(40)56)35-26-27-51-44(28-35)38-22-15-23-39(52(38)62-51)55-59-53(33-16-7-5-8-17-33)58-54(60-55)34-18-9-6-10-19-34;1-4-15-32(16-5-1)49-52-50(33-17-6-2-7-18-33)54-51(53-49)38-23-14-22-36-39-31-35(27-30-44(39)57-47(36)38)56-40-24-11-10-21-37(40)46-42(56)28-29-43-48(46)58-45-26-13-12-25-41(45)55(43)34-19-8-3-9-20-34/h5-32H,1-4H3;1-31H. The van der Waals surface area contributed by atoms with Gasteiger partial charge in [-0.25, -0.2) is 29.9 Å². The van der Waals surface area contributed by atoms with Crippen LogP contribution in [0.3, 0.4) is 0 Å². The van der Waals surface area contributed by atoms with Crippen molar-refractivity contribution in [3.8, 4) is 102 Å². The second-order valence-electron chi connectivity index (χ2n) is 32.4. The fraction of sp³-hybridized carbons (Fsp3) is 0.0556. The van der Waals surface area contributed by atoms with Crippen LogP contribution < -0.4 is 4.90 Å². The zero-order chi connectivity index (χ0) is 79.6. The predicted molar refractivity (Wildman–Crippen MR) is 489 cm³/mol. The van der Waals surface area contributed by atoms with Crippen LogP contribution in [0.15, 0.2) is 377 Å². The smallest absolute Gasteiger partial charge is 0.167 e. The molecule has 0 saturated carbocycles. The van der Waals surface area contributed by atoms with Gasteiger partial charge < -0.3 is 22.9 Å². The first kappa shape index (κ1) is 69.2. The topological polar surface area (TPSA) is 117 Å². The van der Waals surface area contributed by atoms with Crippen LogP contribution in [-0.4, -0.2) is 39.0 Å². The van der Waals surface area contributed by atoms with Crippen LogP contribution in [0.2, 0.25) is 0 Å². The third kappa shape index (κ3) is 10.7. The highest BCUT2D eigenvalue weighted by atomic mass is 32.2. The van der Waals surface area contributed by atoms with Crippen LogP contribution in [-0.2, 0) is 10.8 Å². The van der Waals surface area contributed by atoms with Gasteiger partial charge in [-0.05, 0) is 160 Å². The lowest BCUT2D eigenvalue weighted by Gasteiger charge is -2.33. The quantitative estimate of drug-likeness (QED) is 0.138. The molecular weight excluding hydrogens is 1490 g/mol. The minimum atomic E-state index is -0.138. The average molecular weight is 1560 g/mol. The molecule has 7 heterocycles. The number of benzene rings is 16. The molecule has 0 saturated heterocycles. The number of furan rings is 2. The van der Waals surface area contributed by atoms with E-state index in [9.17, 15) is 0 Å². The Morgan fingerprint density at radius 3 is 1.15 bits per heavy atom. The number of aromatic nitrogens is 8. The molecule has 0 fully saturated rings. The molecule has 0 spiro atoms. The van der Waals surface area contributed by atoms with Crippen LogP contribution in [0, 0.1) is 0 Å². The van der Waals surface area contributed by atoms with Gasteiger partial charge in [0.25, 0.3) is 0 Å². The van der Waals surface area contributed by atoms with E-state index in [0.717, 1.165) is 105 Å². The minimum Gasteiger partial charge on any atom is -0.455 e. The molecule has 0 unspecified atom stereocenters. The first-order chi connectivity index (χ1) is 59.0. The molecule has 3 aliphatic rings. The van der Waals surface area contributed by atoms with Gasteiger partial charge in [-0.15, -0.1) is 0 Å². The first-order valence-corrected chi connectivity index (χ1v) is 41.5. The van der Waals surface area contributed by atoms with E-state index in [1.54, 1.807) is 0 Å². The first-order valence-electron chi connectivity index (χ1n) is 40.7. The zero-order valence-electron chi connectivity index (χ0n) is 65.8. The van der Waals surface area contributed by atoms with Crippen LogP contribution in [0.4, 0.5) is 17.1 Å². The van der Waals surface area contributed by atoms with Crippen LogP contribution >= 0.6 is 11.8 Å². The summed E-state index contributed by atoms with van der Waals surface area (Å²) >= 11 is 1.85. The Bertz CT molecular complexity index is 7770. The van der Waals surface area contributed by atoms with Crippen LogP contribution in [0.25, 0.3) is 189 Å². The molecule has 566 valence electrons. The number of anilines is 3. The van der Waals surface area contributed by atoms with E-state index in [1.807, 2.05) is 139 Å². The lowest BCUT2D eigenvalue weighted by Crippen LogP contribution is -2.15. The minimum absolute atomic E-state index is 0.138. The lowest BCUT2D eigenvalue weighted by molar-refractivity contribution is 0.660. The lowest BCUT2D eigenvalue weighted by atomic mass is 9.82. The molecule has 1 aliphatic heterocycles. The molecule has 120 heavy (non-hydrogen) atoms. The van der Waals surface area contributed by atoms with E-state index in [2.05, 4.69) is 272 Å². The summed E-state index contributed by atoms with van der Waals surface area (Å²) in [5, 5.41) is 9.05. The molecule has 0 radical (unpaired) electrons. The maximum absolute atomic E-state index is 6.81. The molecule has 0 amide bonds. The Morgan fingerprint density at radius 2 is 0.658 bits per heavy atom. The van der Waals surface area contributed by atoms with E-state index in [-0.39, 0.29) is 10.8 Å². The second kappa shape index (κ2) is 26.7. The van der Waals surface area contributed by atoms with Crippen molar-refractivity contribution < 1.29 is 8.83 Å². The van der Waals surface area contributed by atoms with E-state index >= 15 is 0 Å². The zero-order valence-corrected chi connectivity index (χ0v) is 66.6. The molecular formula is C108H71N9O2S. The van der Waals surface area contributed by atoms with Crippen molar-refractivity contribution in [1.82, 2.24) is 39.0 Å². The van der Waals surface area contributed by atoms with Gasteiger partial charge in [0.15, 0.2) is 34.9 Å². The Labute approximate surface area is 694 Å². The SMILES string of the molecule is CC1(C)c2ccccc2-c2cc3c4cc5c(cc4n(-c4ccc6oc7c(-c8nc(-c9ccccc9)nc(-c9ccccc9)n8)cccc7c6c4)c3cc21)C(C)(C)c1ccccc1-5.c1ccc(-c2nc(-c3ccccc3)nc(-c3cccc4c3oc3ccc(-n5c6ccccc6c6c7c(ccc65)N(c5ccccc5)c5ccccc5S7)cc34)n2)cc1. The van der Waals surface area contributed by atoms with Gasteiger partial charge in [0.1, 0.15) is 22.3 Å². The highest BCUT2D eigenvalue weighted by Crippen LogP contribution is 2.58. The van der Waals surface area contributed by atoms with Crippen molar-refractivity contribution in [2.24, 2.45) is 0 Å². The van der Waals surface area contributed by atoms with E-state index in [1.165, 1.54) is 98.3 Å². The average Bonchev–Trinajstić information content (AvgIpc) is 1.53. The Kier molecular flexibility index (Phi) is 15.4. The van der Waals surface area contributed by atoms with Gasteiger partial charge in [-0.3, -0.25) is 0 Å². The van der Waals surface area contributed by atoms with E-state index < -0.39 is 0 Å². The summed E-state index contributed by atoms with van der Waals surface area (Å²) in [4.78, 5) is 34.9. The monoisotopic (exact) mass is 1560 g/mol. The van der Waals surface area contributed by atoms with Crippen molar-refractivity contribution in [2.75, 3.05) is 4.90 Å².